The third-order valence-corrected chi connectivity index (χ3v) is 18.3. The Hall–Kier alpha value is -2.21. The van der Waals surface area contributed by atoms with Crippen LogP contribution in [0, 0.1) is 41.4 Å². The number of hydrogen-bond acceptors (Lipinski definition) is 42. The Morgan fingerprint density at radius 1 is 0.500 bits per heavy atom. The highest BCUT2D eigenvalue weighted by Crippen LogP contribution is 2.64. The predicted octanol–water partition coefficient (Wildman–Crippen LogP) is -7.00. The molecule has 5 saturated heterocycles. The Kier molecular flexibility index (Phi) is 24.5. The second-order valence-corrected chi connectivity index (χ2v) is 27.5. The molecule has 0 aromatic carbocycles. The lowest BCUT2D eigenvalue weighted by Crippen LogP contribution is -2.65. The Labute approximate surface area is 504 Å². The molecule has 5 heterocycles. The van der Waals surface area contributed by atoms with Gasteiger partial charge < -0.3 is 93.9 Å². The van der Waals surface area contributed by atoms with Gasteiger partial charge in [-0.3, -0.25) is 29.9 Å². The molecule has 1 aliphatic carbocycles. The van der Waals surface area contributed by atoms with Crippen molar-refractivity contribution in [2.24, 2.45) is 41.4 Å². The lowest BCUT2D eigenvalue weighted by atomic mass is 9.82. The molecule has 27 atom stereocenters. The van der Waals surface area contributed by atoms with Gasteiger partial charge in [0, 0.05) is 30.8 Å². The molecule has 6 rings (SSSR count). The highest BCUT2D eigenvalue weighted by molar-refractivity contribution is 7.82. The minimum atomic E-state index is -6.25. The molecule has 5 aliphatic heterocycles. The van der Waals surface area contributed by atoms with Gasteiger partial charge in [-0.15, -0.1) is 4.33 Å². The van der Waals surface area contributed by atoms with Crippen LogP contribution < -0.4 is 5.11 Å². The van der Waals surface area contributed by atoms with Gasteiger partial charge in [-0.25, -0.2) is 59.6 Å². The number of carbonyl (C=O) groups is 2. The fraction of sp³-hybridized carbons (Fsp3) is 0.949. The van der Waals surface area contributed by atoms with Gasteiger partial charge in [0.15, 0.2) is 31.3 Å². The van der Waals surface area contributed by atoms with E-state index in [2.05, 4.69) is 21.1 Å². The molecule has 0 radical (unpaired) electrons. The van der Waals surface area contributed by atoms with Crippen LogP contribution in [0.3, 0.4) is 0 Å². The van der Waals surface area contributed by atoms with Crippen LogP contribution in [-0.4, -0.2) is 242 Å². The van der Waals surface area contributed by atoms with E-state index in [4.69, 9.17) is 65.4 Å². The molecular weight excluding hydrogens is 1360 g/mol. The number of rotatable bonds is 30. The average molecular weight is 1420 g/mol. The number of carboxylic acids is 1. The van der Waals surface area contributed by atoms with Crippen molar-refractivity contribution < 1.29 is 188 Å². The summed E-state index contributed by atoms with van der Waals surface area (Å²) in [6.45, 7) is 5.06. The van der Waals surface area contributed by atoms with Crippen LogP contribution >= 0.6 is 0 Å². The van der Waals surface area contributed by atoms with Crippen molar-refractivity contribution in [1.29, 1.82) is 0 Å². The van der Waals surface area contributed by atoms with Crippen LogP contribution in [0.5, 0.6) is 0 Å². The summed E-state index contributed by atoms with van der Waals surface area (Å²) in [5, 5.41) is 12.9. The molecule has 42 nitrogen and oxygen atoms in total. The summed E-state index contributed by atoms with van der Waals surface area (Å²) in [4.78, 5) is 29.6. The molecule has 0 spiro atoms. The standard InChI is InChI=1S/C39H64O42S7/c1-13-15(3)34(69-20(24(13)63-8)10-66-83(45,46)47)71-25-14(2)16(4)35(74-31(25)33(41)42)72-27-19(9-65-81-82(43)44)70-38(32(80-88(60,61)62)30(27)79-87(57,58)59)76-39(7)22-17(5)36(75-37(23(22)39)64-12-40)73-28-21(11-67-84(48,49)50)68-18(6)26(77-85(51,52)53)29(28)78-86(54,55)56/h12-32,34-38H,9-11H2,1-8H3,(H,41,42)(H,43,44)(H,45,46,47)(H,48,49,50)(H,51,52,53)(H,54,55,56)(H,57,58,59)(H,60,61,62)/p-8/t13?,14?,15?,16?,17?,18-,19?,20?,21?,22-,23+,24+,25+,26?,27+,28-,29?,30+,31?,32?,34-,35+,36+,37?,38+,39?/m1/s1. The lowest BCUT2D eigenvalue weighted by Gasteiger charge is -2.51. The fourth-order valence-electron chi connectivity index (χ4n) is 11.3. The number of carboxylic acid groups (broad SMARTS) is 1. The summed E-state index contributed by atoms with van der Waals surface area (Å²) in [6.07, 6.45) is -38.7. The van der Waals surface area contributed by atoms with Crippen molar-refractivity contribution in [2.45, 2.75) is 165 Å². The van der Waals surface area contributed by atoms with Crippen LogP contribution in [0.4, 0.5) is 0 Å². The molecule has 0 aromatic heterocycles. The molecular formula is C39H56O42S7-8. The van der Waals surface area contributed by atoms with Crippen LogP contribution in [0.15, 0.2) is 0 Å². The Balaban J connectivity index is 1.36. The maximum atomic E-state index is 12.9. The second kappa shape index (κ2) is 28.8. The van der Waals surface area contributed by atoms with Crippen molar-refractivity contribution in [1.82, 2.24) is 0 Å². The topological polar surface area (TPSA) is 616 Å². The highest BCUT2D eigenvalue weighted by atomic mass is 32.3. The zero-order valence-electron chi connectivity index (χ0n) is 46.1. The number of hydrogen-bond donors (Lipinski definition) is 0. The van der Waals surface area contributed by atoms with Crippen LogP contribution in [0.2, 0.25) is 0 Å². The minimum absolute atomic E-state index is 0.255. The zero-order valence-corrected chi connectivity index (χ0v) is 51.9. The summed E-state index contributed by atoms with van der Waals surface area (Å²) >= 11 is -3.56. The number of fused-ring (bicyclic) bond motifs is 1. The number of methoxy groups -OCH3 is 1. The van der Waals surface area contributed by atoms with Crippen molar-refractivity contribution >= 4 is 86.2 Å². The molecule has 0 amide bonds. The average Bonchev–Trinajstić information content (AvgIpc) is 1.52. The van der Waals surface area contributed by atoms with E-state index in [0.29, 0.717) is 0 Å². The van der Waals surface area contributed by atoms with Crippen molar-refractivity contribution in [2.75, 3.05) is 26.9 Å². The third kappa shape index (κ3) is 19.5. The van der Waals surface area contributed by atoms with Crippen LogP contribution in [0.1, 0.15) is 48.5 Å². The fourth-order valence-corrected chi connectivity index (χ4v) is 14.0. The lowest BCUT2D eigenvalue weighted by molar-refractivity contribution is -0.380. The summed E-state index contributed by atoms with van der Waals surface area (Å²) in [5.41, 5.74) is -2.17. The zero-order chi connectivity index (χ0) is 66.4. The Morgan fingerprint density at radius 2 is 0.920 bits per heavy atom. The van der Waals surface area contributed by atoms with Gasteiger partial charge in [-0.2, -0.15) is 0 Å². The van der Waals surface area contributed by atoms with Crippen LogP contribution in [0.25, 0.3) is 0 Å². The first-order valence-corrected chi connectivity index (χ1v) is 34.2. The van der Waals surface area contributed by atoms with Gasteiger partial charge >= 0.3 is 0 Å². The quantitative estimate of drug-likeness (QED) is 0.0161. The predicted molar refractivity (Wildman–Crippen MR) is 254 cm³/mol. The van der Waals surface area contributed by atoms with Gasteiger partial charge in [-0.1, -0.05) is 34.6 Å². The van der Waals surface area contributed by atoms with Gasteiger partial charge in [0.2, 0.25) is 68.7 Å². The molecule has 0 bridgehead atoms. The van der Waals surface area contributed by atoms with E-state index in [1.54, 1.807) is 13.8 Å². The molecule has 0 N–H and O–H groups in total. The van der Waals surface area contributed by atoms with E-state index < -0.39 is 257 Å². The molecule has 514 valence electrons. The van der Waals surface area contributed by atoms with E-state index in [-0.39, 0.29) is 6.47 Å². The Bertz CT molecular complexity index is 3150. The maximum Gasteiger partial charge on any atom is 0.295 e. The van der Waals surface area contributed by atoms with Gasteiger partial charge in [0.25, 0.3) is 6.47 Å². The van der Waals surface area contributed by atoms with Crippen molar-refractivity contribution in [3.8, 4) is 0 Å². The maximum absolute atomic E-state index is 12.9. The molecule has 15 unspecified atom stereocenters. The summed E-state index contributed by atoms with van der Waals surface area (Å²) in [5.74, 6) is -9.97. The van der Waals surface area contributed by atoms with Gasteiger partial charge in [0.1, 0.15) is 72.9 Å². The number of carbonyl (C=O) groups excluding carboxylic acids is 2. The molecule has 6 fully saturated rings. The van der Waals surface area contributed by atoms with Crippen molar-refractivity contribution in [3.05, 3.63) is 0 Å². The van der Waals surface area contributed by atoms with Gasteiger partial charge in [-0.05, 0) is 25.7 Å². The van der Waals surface area contributed by atoms with E-state index in [1.165, 1.54) is 27.9 Å². The van der Waals surface area contributed by atoms with Gasteiger partial charge in [0.05, 0.1) is 49.0 Å². The molecule has 88 heavy (non-hydrogen) atoms. The van der Waals surface area contributed by atoms with E-state index in [0.717, 1.165) is 13.8 Å². The first-order chi connectivity index (χ1) is 40.3. The SMILES string of the molecule is CO[C@@H]1C(COS(=O)(=O)[O-])O[C@H](O[C@@H]2C(C(=O)[O-])O[C@H](O[C@H]3C(COOS(=O)[O-])O[C@@H](OC4(C)[C@@H]5C(OC=O)O[C@H](O[C@@H]6C(COS(=O)(=O)[O-])O[C@H](C)C(OS(=O)(=O)[O-])C6OS(=O)(=O)[O-])C(C)[C@H]54)C(OS(=O)(=O)[O-])[C@H]3OS(=O)(=O)[O-])C(C)C2C)C(C)C1C. The highest BCUT2D eigenvalue weighted by Gasteiger charge is 2.75. The third-order valence-electron chi connectivity index (χ3n) is 15.4. The smallest absolute Gasteiger partial charge is 0.295 e. The monoisotopic (exact) mass is 1420 g/mol. The minimum Gasteiger partial charge on any atom is -0.748 e. The van der Waals surface area contributed by atoms with Crippen molar-refractivity contribution in [3.63, 3.8) is 0 Å². The molecule has 1 saturated carbocycles. The summed E-state index contributed by atoms with van der Waals surface area (Å²) in [7, 11) is -34.1. The van der Waals surface area contributed by atoms with E-state index in [9.17, 15) is 101 Å². The number of ether oxygens (including phenoxy) is 11. The van der Waals surface area contributed by atoms with E-state index >= 15 is 0 Å². The largest absolute Gasteiger partial charge is 0.748 e. The normalized spacial score (nSPS) is 41.6. The Morgan fingerprint density at radius 3 is 1.39 bits per heavy atom. The van der Waals surface area contributed by atoms with Crippen LogP contribution in [-0.2, 0) is 170 Å². The second-order valence-electron chi connectivity index (χ2n) is 20.8. The molecule has 6 aliphatic rings. The summed E-state index contributed by atoms with van der Waals surface area (Å²) in [6, 6.07) is 0. The molecule has 49 heteroatoms. The summed E-state index contributed by atoms with van der Waals surface area (Å²) < 4.78 is 334. The first kappa shape index (κ1) is 74.8. The number of aliphatic carboxylic acids is 1. The first-order valence-electron chi connectivity index (χ1n) is 25.2. The van der Waals surface area contributed by atoms with E-state index in [1.807, 2.05) is 0 Å². The molecule has 0 aromatic rings.